The van der Waals surface area contributed by atoms with E-state index in [1.54, 1.807) is 6.07 Å². The van der Waals surface area contributed by atoms with Crippen LogP contribution >= 0.6 is 11.6 Å². The van der Waals surface area contributed by atoms with Gasteiger partial charge < -0.3 is 15.3 Å². The first-order valence-corrected chi connectivity index (χ1v) is 6.90. The summed E-state index contributed by atoms with van der Waals surface area (Å²) < 4.78 is 0. The van der Waals surface area contributed by atoms with Crippen LogP contribution in [0.25, 0.3) is 0 Å². The number of nitrogens with zero attached hydrogens (tertiary/aromatic N) is 1. The minimum Gasteiger partial charge on any atom is -0.481 e. The molecule has 108 valence electrons. The van der Waals surface area contributed by atoms with Gasteiger partial charge in [0.2, 0.25) is 0 Å². The van der Waals surface area contributed by atoms with Crippen molar-refractivity contribution in [3.8, 4) is 0 Å². The molecule has 1 aromatic carbocycles. The van der Waals surface area contributed by atoms with E-state index in [9.17, 15) is 9.59 Å². The molecule has 1 aromatic rings. The number of carbonyl (C=O) groups excluding carboxylic acids is 1. The van der Waals surface area contributed by atoms with Crippen molar-refractivity contribution in [2.24, 2.45) is 5.92 Å². The van der Waals surface area contributed by atoms with E-state index >= 15 is 0 Å². The zero-order valence-corrected chi connectivity index (χ0v) is 12.0. The summed E-state index contributed by atoms with van der Waals surface area (Å²) in [4.78, 5) is 24.7. The maximum atomic E-state index is 12.2. The van der Waals surface area contributed by atoms with Crippen LogP contribution in [0.15, 0.2) is 18.2 Å². The lowest BCUT2D eigenvalue weighted by Crippen LogP contribution is -2.44. The van der Waals surface area contributed by atoms with Crippen LogP contribution < -0.4 is 5.32 Å². The van der Waals surface area contributed by atoms with Crippen molar-refractivity contribution in [3.05, 3.63) is 28.8 Å². The molecule has 0 bridgehead atoms. The van der Waals surface area contributed by atoms with Crippen LogP contribution in [0.5, 0.6) is 0 Å². The molecule has 1 aliphatic heterocycles. The topological polar surface area (TPSA) is 69.6 Å². The number of aliphatic carboxylic acids is 1. The maximum absolute atomic E-state index is 12.2. The van der Waals surface area contributed by atoms with Crippen molar-refractivity contribution in [2.45, 2.75) is 19.8 Å². The number of benzene rings is 1. The highest BCUT2D eigenvalue weighted by Gasteiger charge is 2.28. The van der Waals surface area contributed by atoms with Gasteiger partial charge in [-0.2, -0.15) is 0 Å². The number of nitrogens with one attached hydrogen (secondary N) is 1. The van der Waals surface area contributed by atoms with E-state index in [2.05, 4.69) is 5.32 Å². The summed E-state index contributed by atoms with van der Waals surface area (Å²) in [5.41, 5.74) is 1.45. The lowest BCUT2D eigenvalue weighted by molar-refractivity contribution is -0.143. The summed E-state index contributed by atoms with van der Waals surface area (Å²) in [6.07, 6.45) is 1.32. The molecule has 0 aromatic heterocycles. The number of carboxylic acids is 1. The summed E-state index contributed by atoms with van der Waals surface area (Å²) in [5, 5.41) is 12.3. The second-order valence-corrected chi connectivity index (χ2v) is 5.39. The van der Waals surface area contributed by atoms with E-state index in [4.69, 9.17) is 16.7 Å². The molecule has 1 fully saturated rings. The highest BCUT2D eigenvalue weighted by Crippen LogP contribution is 2.26. The number of urea groups is 1. The third-order valence-corrected chi connectivity index (χ3v) is 3.83. The number of piperidine rings is 1. The fraction of sp³-hybridized carbons (Fsp3) is 0.429. The summed E-state index contributed by atoms with van der Waals surface area (Å²) in [5.74, 6) is -1.33. The smallest absolute Gasteiger partial charge is 0.321 e. The molecular formula is C14H17ClN2O3. The first-order valence-electron chi connectivity index (χ1n) is 6.53. The number of hydrogen-bond acceptors (Lipinski definition) is 2. The number of carbonyl (C=O) groups is 2. The maximum Gasteiger partial charge on any atom is 0.321 e. The number of anilines is 1. The van der Waals surface area contributed by atoms with E-state index < -0.39 is 11.9 Å². The van der Waals surface area contributed by atoms with Crippen molar-refractivity contribution in [1.29, 1.82) is 0 Å². The number of para-hydroxylation sites is 1. The number of rotatable bonds is 2. The second kappa shape index (κ2) is 6.13. The molecule has 0 aliphatic carbocycles. The van der Waals surface area contributed by atoms with Crippen molar-refractivity contribution in [1.82, 2.24) is 4.90 Å². The van der Waals surface area contributed by atoms with Gasteiger partial charge in [0.05, 0.1) is 16.6 Å². The average Bonchev–Trinajstić information content (AvgIpc) is 2.43. The third-order valence-electron chi connectivity index (χ3n) is 3.51. The number of aryl methyl sites for hydroxylation is 1. The highest BCUT2D eigenvalue weighted by molar-refractivity contribution is 6.33. The van der Waals surface area contributed by atoms with Crippen LogP contribution in [-0.2, 0) is 4.79 Å². The van der Waals surface area contributed by atoms with E-state index in [1.807, 2.05) is 19.1 Å². The molecule has 1 atom stereocenters. The largest absolute Gasteiger partial charge is 0.481 e. The molecule has 0 saturated carbocycles. The predicted molar refractivity (Wildman–Crippen MR) is 77.1 cm³/mol. The Balaban J connectivity index is 2.06. The second-order valence-electron chi connectivity index (χ2n) is 4.99. The molecule has 5 nitrogen and oxygen atoms in total. The van der Waals surface area contributed by atoms with Crippen LogP contribution in [0.2, 0.25) is 5.02 Å². The van der Waals surface area contributed by atoms with Gasteiger partial charge in [-0.1, -0.05) is 23.7 Å². The summed E-state index contributed by atoms with van der Waals surface area (Å²) >= 11 is 6.06. The standard InChI is InChI=1S/C14H17ClN2O3/c1-9-4-2-6-11(15)12(9)16-14(20)17-7-3-5-10(8-17)13(18)19/h2,4,6,10H,3,5,7-8H2,1H3,(H,16,20)(H,18,19)/t10-/m0/s1. The van der Waals surface area contributed by atoms with E-state index in [1.165, 1.54) is 4.90 Å². The Morgan fingerprint density at radius 3 is 2.85 bits per heavy atom. The Morgan fingerprint density at radius 2 is 2.20 bits per heavy atom. The molecule has 0 spiro atoms. The first-order chi connectivity index (χ1) is 9.49. The van der Waals surface area contributed by atoms with Crippen LogP contribution in [0.3, 0.4) is 0 Å². The Kier molecular flexibility index (Phi) is 4.49. The molecule has 0 unspecified atom stereocenters. The lowest BCUT2D eigenvalue weighted by Gasteiger charge is -2.31. The minimum absolute atomic E-state index is 0.241. The summed E-state index contributed by atoms with van der Waals surface area (Å²) in [7, 11) is 0. The number of likely N-dealkylation sites (tertiary alicyclic amines) is 1. The lowest BCUT2D eigenvalue weighted by atomic mass is 9.99. The van der Waals surface area contributed by atoms with E-state index in [-0.39, 0.29) is 12.6 Å². The number of amides is 2. The number of halogens is 1. The van der Waals surface area contributed by atoms with Gasteiger partial charge >= 0.3 is 12.0 Å². The third kappa shape index (κ3) is 3.22. The highest BCUT2D eigenvalue weighted by atomic mass is 35.5. The van der Waals surface area contributed by atoms with Gasteiger partial charge in [-0.3, -0.25) is 4.79 Å². The zero-order chi connectivity index (χ0) is 14.7. The normalized spacial score (nSPS) is 18.7. The molecular weight excluding hydrogens is 280 g/mol. The fourth-order valence-electron chi connectivity index (χ4n) is 2.34. The predicted octanol–water partition coefficient (Wildman–Crippen LogP) is 2.98. The van der Waals surface area contributed by atoms with Gasteiger partial charge in [0.15, 0.2) is 0 Å². The molecule has 2 rings (SSSR count). The Morgan fingerprint density at radius 1 is 1.45 bits per heavy atom. The van der Waals surface area contributed by atoms with Crippen LogP contribution in [-0.4, -0.2) is 35.1 Å². The molecule has 20 heavy (non-hydrogen) atoms. The fourth-order valence-corrected chi connectivity index (χ4v) is 2.61. The Bertz CT molecular complexity index is 513. The Labute approximate surface area is 122 Å². The summed E-state index contributed by atoms with van der Waals surface area (Å²) in [6.45, 7) is 2.67. The Hall–Kier alpha value is -1.75. The van der Waals surface area contributed by atoms with E-state index in [0.29, 0.717) is 30.1 Å². The van der Waals surface area contributed by atoms with Gasteiger partial charge in [0.25, 0.3) is 0 Å². The van der Waals surface area contributed by atoms with Crippen LogP contribution in [0.4, 0.5) is 10.5 Å². The SMILES string of the molecule is Cc1cccc(Cl)c1NC(=O)N1CCC[C@H](C(=O)O)C1. The first kappa shape index (κ1) is 14.7. The molecule has 2 amide bonds. The van der Waals surface area contributed by atoms with E-state index in [0.717, 1.165) is 5.56 Å². The van der Waals surface area contributed by atoms with Gasteiger partial charge in [0.1, 0.15) is 0 Å². The molecule has 6 heteroatoms. The summed E-state index contributed by atoms with van der Waals surface area (Å²) in [6, 6.07) is 5.08. The van der Waals surface area contributed by atoms with Gasteiger partial charge in [-0.05, 0) is 31.4 Å². The molecule has 1 saturated heterocycles. The monoisotopic (exact) mass is 296 g/mol. The molecule has 1 heterocycles. The van der Waals surface area contributed by atoms with Gasteiger partial charge in [0, 0.05) is 13.1 Å². The van der Waals surface area contributed by atoms with Crippen molar-refractivity contribution >= 4 is 29.3 Å². The number of carboxylic acid groups (broad SMARTS) is 1. The number of hydrogen-bond donors (Lipinski definition) is 2. The van der Waals surface area contributed by atoms with Gasteiger partial charge in [-0.25, -0.2) is 4.79 Å². The quantitative estimate of drug-likeness (QED) is 0.881. The average molecular weight is 297 g/mol. The van der Waals surface area contributed by atoms with Crippen molar-refractivity contribution in [2.75, 3.05) is 18.4 Å². The van der Waals surface area contributed by atoms with Crippen LogP contribution in [0.1, 0.15) is 18.4 Å². The molecule has 2 N–H and O–H groups in total. The minimum atomic E-state index is -0.851. The van der Waals surface area contributed by atoms with Gasteiger partial charge in [-0.15, -0.1) is 0 Å². The van der Waals surface area contributed by atoms with Crippen molar-refractivity contribution in [3.63, 3.8) is 0 Å². The van der Waals surface area contributed by atoms with Crippen LogP contribution in [0, 0.1) is 12.8 Å². The van der Waals surface area contributed by atoms with Crippen molar-refractivity contribution < 1.29 is 14.7 Å². The molecule has 0 radical (unpaired) electrons. The zero-order valence-electron chi connectivity index (χ0n) is 11.2. The molecule has 1 aliphatic rings.